The Labute approximate surface area is 132 Å². The molecule has 0 rings (SSSR count). The molecule has 0 amide bonds. The van der Waals surface area contributed by atoms with Crippen molar-refractivity contribution in [1.82, 2.24) is 0 Å². The van der Waals surface area contributed by atoms with E-state index in [0.29, 0.717) is 39.0 Å². The van der Waals surface area contributed by atoms with Gasteiger partial charge >= 0.3 is 0 Å². The first-order chi connectivity index (χ1) is 10.5. The SMILES string of the molecule is CC(C)C(=O)C(N)CCCCCC(=O)CCOCCN=[N+]=[N-]. The fourth-order valence-corrected chi connectivity index (χ4v) is 2.00. The quantitative estimate of drug-likeness (QED) is 0.229. The van der Waals surface area contributed by atoms with E-state index in [1.54, 1.807) is 0 Å². The number of hydrogen-bond donors (Lipinski definition) is 1. The summed E-state index contributed by atoms with van der Waals surface area (Å²) in [7, 11) is 0. The Balaban J connectivity index is 3.49. The minimum absolute atomic E-state index is 0.0181. The Morgan fingerprint density at radius 1 is 1.18 bits per heavy atom. The molecular weight excluding hydrogens is 284 g/mol. The summed E-state index contributed by atoms with van der Waals surface area (Å²) in [5, 5.41) is 3.33. The van der Waals surface area contributed by atoms with Gasteiger partial charge in [0.05, 0.1) is 19.3 Å². The fraction of sp³-hybridized carbons (Fsp3) is 0.867. The molecular formula is C15H28N4O3. The molecule has 0 aliphatic carbocycles. The van der Waals surface area contributed by atoms with Gasteiger partial charge in [0.2, 0.25) is 0 Å². The number of nitrogens with zero attached hydrogens (tertiary/aromatic N) is 3. The molecule has 1 atom stereocenters. The molecule has 0 saturated carbocycles. The predicted octanol–water partition coefficient (Wildman–Crippen LogP) is 2.78. The molecule has 0 saturated heterocycles. The van der Waals surface area contributed by atoms with Crippen LogP contribution in [0, 0.1) is 5.92 Å². The van der Waals surface area contributed by atoms with Crippen LogP contribution in [-0.4, -0.2) is 37.4 Å². The van der Waals surface area contributed by atoms with Gasteiger partial charge in [0.15, 0.2) is 5.78 Å². The van der Waals surface area contributed by atoms with Crippen LogP contribution in [0.4, 0.5) is 0 Å². The van der Waals surface area contributed by atoms with Gasteiger partial charge in [0, 0.05) is 30.2 Å². The van der Waals surface area contributed by atoms with Crippen LogP contribution < -0.4 is 5.73 Å². The van der Waals surface area contributed by atoms with Crippen molar-refractivity contribution in [2.24, 2.45) is 16.8 Å². The second-order valence-corrected chi connectivity index (χ2v) is 5.62. The zero-order valence-corrected chi connectivity index (χ0v) is 13.7. The van der Waals surface area contributed by atoms with E-state index in [0.717, 1.165) is 19.3 Å². The summed E-state index contributed by atoms with van der Waals surface area (Å²) in [4.78, 5) is 25.8. The van der Waals surface area contributed by atoms with E-state index in [1.165, 1.54) is 0 Å². The molecule has 7 heteroatoms. The standard InChI is InChI=1S/C15H28N4O3/c1-12(2)15(21)14(16)7-5-3-4-6-13(20)8-10-22-11-9-18-19-17/h12,14H,3-11,16H2,1-2H3. The van der Waals surface area contributed by atoms with E-state index in [1.807, 2.05) is 13.8 Å². The van der Waals surface area contributed by atoms with Gasteiger partial charge in [-0.3, -0.25) is 9.59 Å². The van der Waals surface area contributed by atoms with Crippen LogP contribution in [0.15, 0.2) is 5.11 Å². The van der Waals surface area contributed by atoms with Crippen LogP contribution in [-0.2, 0) is 14.3 Å². The van der Waals surface area contributed by atoms with E-state index in [2.05, 4.69) is 10.0 Å². The highest BCUT2D eigenvalue weighted by Crippen LogP contribution is 2.09. The maximum atomic E-state index is 11.6. The van der Waals surface area contributed by atoms with E-state index < -0.39 is 0 Å². The molecule has 0 bridgehead atoms. The first-order valence-corrected chi connectivity index (χ1v) is 7.88. The lowest BCUT2D eigenvalue weighted by molar-refractivity contribution is -0.123. The maximum Gasteiger partial charge on any atom is 0.152 e. The van der Waals surface area contributed by atoms with Crippen molar-refractivity contribution in [2.45, 2.75) is 58.4 Å². The number of azide groups is 1. The molecule has 0 aliphatic rings. The van der Waals surface area contributed by atoms with Gasteiger partial charge < -0.3 is 10.5 Å². The number of Topliss-reactive ketones (excluding diaryl/α,β-unsaturated/α-hetero) is 2. The lowest BCUT2D eigenvalue weighted by atomic mass is 9.97. The summed E-state index contributed by atoms with van der Waals surface area (Å²) in [5.74, 6) is 0.260. The molecule has 0 radical (unpaired) electrons. The zero-order valence-electron chi connectivity index (χ0n) is 13.7. The predicted molar refractivity (Wildman–Crippen MR) is 85.4 cm³/mol. The fourth-order valence-electron chi connectivity index (χ4n) is 2.00. The number of carbonyl (C=O) groups is 2. The molecule has 126 valence electrons. The highest BCUT2D eigenvalue weighted by Gasteiger charge is 2.16. The van der Waals surface area contributed by atoms with Gasteiger partial charge in [-0.2, -0.15) is 0 Å². The Kier molecular flexibility index (Phi) is 12.4. The normalized spacial score (nSPS) is 12.0. The number of unbranched alkanes of at least 4 members (excludes halogenated alkanes) is 2. The van der Waals surface area contributed by atoms with Gasteiger partial charge in [-0.25, -0.2) is 0 Å². The van der Waals surface area contributed by atoms with Crippen molar-refractivity contribution in [3.8, 4) is 0 Å². The second-order valence-electron chi connectivity index (χ2n) is 5.62. The largest absolute Gasteiger partial charge is 0.381 e. The molecule has 22 heavy (non-hydrogen) atoms. The zero-order chi connectivity index (χ0) is 16.8. The smallest absolute Gasteiger partial charge is 0.152 e. The Hall–Kier alpha value is -1.43. The molecule has 0 aromatic rings. The van der Waals surface area contributed by atoms with E-state index in [4.69, 9.17) is 16.0 Å². The average Bonchev–Trinajstić information content (AvgIpc) is 2.49. The van der Waals surface area contributed by atoms with Crippen molar-refractivity contribution in [2.75, 3.05) is 19.8 Å². The molecule has 0 heterocycles. The van der Waals surface area contributed by atoms with Crippen molar-refractivity contribution in [3.05, 3.63) is 10.4 Å². The molecule has 0 aromatic carbocycles. The first kappa shape index (κ1) is 20.6. The number of rotatable bonds is 14. The van der Waals surface area contributed by atoms with E-state index >= 15 is 0 Å². The van der Waals surface area contributed by atoms with Crippen molar-refractivity contribution in [1.29, 1.82) is 0 Å². The first-order valence-electron chi connectivity index (χ1n) is 7.88. The summed E-state index contributed by atoms with van der Waals surface area (Å²) in [6.45, 7) is 4.72. The molecule has 0 aromatic heterocycles. The second kappa shape index (κ2) is 13.2. The summed E-state index contributed by atoms with van der Waals surface area (Å²) in [6.07, 6.45) is 4.21. The average molecular weight is 312 g/mol. The van der Waals surface area contributed by atoms with E-state index in [-0.39, 0.29) is 23.5 Å². The summed E-state index contributed by atoms with van der Waals surface area (Å²) in [6, 6.07) is -0.375. The maximum absolute atomic E-state index is 11.6. The minimum atomic E-state index is -0.375. The van der Waals surface area contributed by atoms with Crippen molar-refractivity contribution >= 4 is 11.6 Å². The minimum Gasteiger partial charge on any atom is -0.381 e. The van der Waals surface area contributed by atoms with Gasteiger partial charge in [-0.05, 0) is 18.4 Å². The van der Waals surface area contributed by atoms with Gasteiger partial charge in [-0.1, -0.05) is 31.8 Å². The van der Waals surface area contributed by atoms with Gasteiger partial charge in [0.25, 0.3) is 0 Å². The van der Waals surface area contributed by atoms with E-state index in [9.17, 15) is 9.59 Å². The monoisotopic (exact) mass is 312 g/mol. The summed E-state index contributed by atoms with van der Waals surface area (Å²) in [5.41, 5.74) is 13.9. The van der Waals surface area contributed by atoms with Crippen LogP contribution >= 0.6 is 0 Å². The number of ketones is 2. The van der Waals surface area contributed by atoms with Crippen LogP contribution in [0.3, 0.4) is 0 Å². The molecule has 0 fully saturated rings. The van der Waals surface area contributed by atoms with Crippen molar-refractivity contribution < 1.29 is 14.3 Å². The number of hydrogen-bond acceptors (Lipinski definition) is 5. The third-order valence-electron chi connectivity index (χ3n) is 3.33. The van der Waals surface area contributed by atoms with Crippen LogP contribution in [0.25, 0.3) is 10.4 Å². The highest BCUT2D eigenvalue weighted by molar-refractivity contribution is 5.85. The van der Waals surface area contributed by atoms with Crippen LogP contribution in [0.1, 0.15) is 52.4 Å². The molecule has 7 nitrogen and oxygen atoms in total. The van der Waals surface area contributed by atoms with Gasteiger partial charge in [0.1, 0.15) is 5.78 Å². The molecule has 0 aliphatic heterocycles. The number of ether oxygens (including phenoxy) is 1. The molecule has 0 spiro atoms. The van der Waals surface area contributed by atoms with Crippen molar-refractivity contribution in [3.63, 3.8) is 0 Å². The summed E-state index contributed by atoms with van der Waals surface area (Å²) >= 11 is 0. The lowest BCUT2D eigenvalue weighted by Gasteiger charge is -2.12. The topological polar surface area (TPSA) is 118 Å². The molecule has 2 N–H and O–H groups in total. The Morgan fingerprint density at radius 3 is 2.55 bits per heavy atom. The third kappa shape index (κ3) is 11.3. The number of carbonyl (C=O) groups excluding carboxylic acids is 2. The molecule has 1 unspecified atom stereocenters. The third-order valence-corrected chi connectivity index (χ3v) is 3.33. The number of nitrogens with two attached hydrogens (primary N) is 1. The summed E-state index contributed by atoms with van der Waals surface area (Å²) < 4.78 is 5.17. The Bertz CT molecular complexity index is 379. The van der Waals surface area contributed by atoms with Crippen LogP contribution in [0.5, 0.6) is 0 Å². The lowest BCUT2D eigenvalue weighted by Crippen LogP contribution is -2.33. The van der Waals surface area contributed by atoms with Gasteiger partial charge in [-0.15, -0.1) is 0 Å². The van der Waals surface area contributed by atoms with Crippen LogP contribution in [0.2, 0.25) is 0 Å². The highest BCUT2D eigenvalue weighted by atomic mass is 16.5. The Morgan fingerprint density at radius 2 is 1.91 bits per heavy atom.